The zero-order chi connectivity index (χ0) is 11.9. The molecule has 1 aromatic heterocycles. The fraction of sp³-hybridized carbons (Fsp3) is 0.615. The highest BCUT2D eigenvalue weighted by Crippen LogP contribution is 2.11. The Bertz CT molecular complexity index is 338. The third kappa shape index (κ3) is 4.32. The monoisotopic (exact) mass is 236 g/mol. The average Bonchev–Trinajstić information content (AvgIpc) is 2.82. The number of rotatable bonds is 6. The summed E-state index contributed by atoms with van der Waals surface area (Å²) in [4.78, 5) is 4.36. The Morgan fingerprint density at radius 1 is 1.53 bits per heavy atom. The molecule has 1 saturated heterocycles. The molecule has 0 radical (unpaired) electrons. The second-order valence-corrected chi connectivity index (χ2v) is 4.30. The summed E-state index contributed by atoms with van der Waals surface area (Å²) in [5.74, 6) is 0.908. The van der Waals surface area contributed by atoms with Crippen molar-refractivity contribution in [2.24, 2.45) is 0 Å². The quantitative estimate of drug-likeness (QED) is 0.767. The molecule has 1 atom stereocenters. The van der Waals surface area contributed by atoms with E-state index in [9.17, 15) is 0 Å². The van der Waals surface area contributed by atoms with Gasteiger partial charge in [-0.2, -0.15) is 0 Å². The summed E-state index contributed by atoms with van der Waals surface area (Å²) in [6, 6.07) is 5.95. The second-order valence-electron chi connectivity index (χ2n) is 4.30. The minimum absolute atomic E-state index is 0.312. The van der Waals surface area contributed by atoms with Gasteiger partial charge in [0.2, 0.25) is 0 Å². The number of hydrogen-bond donors (Lipinski definition) is 1. The van der Waals surface area contributed by atoms with Crippen molar-refractivity contribution < 1.29 is 9.47 Å². The number of nitrogens with zero attached hydrogens (tertiary/aromatic N) is 1. The Kier molecular flexibility index (Phi) is 4.76. The van der Waals surface area contributed by atoms with E-state index in [0.29, 0.717) is 19.3 Å². The van der Waals surface area contributed by atoms with Gasteiger partial charge in [0.05, 0.1) is 19.3 Å². The maximum Gasteiger partial charge on any atom is 0.126 e. The van der Waals surface area contributed by atoms with E-state index in [1.807, 2.05) is 25.1 Å². The first-order valence-electron chi connectivity index (χ1n) is 6.21. The van der Waals surface area contributed by atoms with Gasteiger partial charge in [0, 0.05) is 18.8 Å². The first-order chi connectivity index (χ1) is 8.34. The molecule has 2 heterocycles. The van der Waals surface area contributed by atoms with E-state index in [1.165, 1.54) is 6.42 Å². The number of anilines is 1. The van der Waals surface area contributed by atoms with Gasteiger partial charge in [0.15, 0.2) is 0 Å². The van der Waals surface area contributed by atoms with Crippen molar-refractivity contribution in [3.8, 4) is 0 Å². The van der Waals surface area contributed by atoms with Gasteiger partial charge < -0.3 is 14.8 Å². The molecule has 0 saturated carbocycles. The Morgan fingerprint density at radius 3 is 3.24 bits per heavy atom. The summed E-state index contributed by atoms with van der Waals surface area (Å²) < 4.78 is 11.0. The van der Waals surface area contributed by atoms with Crippen molar-refractivity contribution in [2.45, 2.75) is 25.9 Å². The molecule has 0 bridgehead atoms. The minimum atomic E-state index is 0.312. The van der Waals surface area contributed by atoms with Crippen molar-refractivity contribution in [3.63, 3.8) is 0 Å². The summed E-state index contributed by atoms with van der Waals surface area (Å²) in [7, 11) is 0. The molecule has 0 aliphatic carbocycles. The van der Waals surface area contributed by atoms with Gasteiger partial charge in [-0.05, 0) is 31.9 Å². The Balaban J connectivity index is 1.56. The van der Waals surface area contributed by atoms with Crippen LogP contribution in [0.25, 0.3) is 0 Å². The first kappa shape index (κ1) is 12.3. The number of hydrogen-bond acceptors (Lipinski definition) is 4. The molecule has 1 aliphatic heterocycles. The van der Waals surface area contributed by atoms with Crippen LogP contribution in [0.3, 0.4) is 0 Å². The first-order valence-corrected chi connectivity index (χ1v) is 6.21. The van der Waals surface area contributed by atoms with Crippen molar-refractivity contribution >= 4 is 5.82 Å². The average molecular weight is 236 g/mol. The Morgan fingerprint density at radius 2 is 2.47 bits per heavy atom. The molecular formula is C13H20N2O2. The van der Waals surface area contributed by atoms with Gasteiger partial charge >= 0.3 is 0 Å². The molecule has 0 amide bonds. The van der Waals surface area contributed by atoms with Crippen molar-refractivity contribution in [3.05, 3.63) is 23.9 Å². The molecule has 94 valence electrons. The van der Waals surface area contributed by atoms with E-state index >= 15 is 0 Å². The fourth-order valence-corrected chi connectivity index (χ4v) is 1.88. The molecular weight excluding hydrogens is 216 g/mol. The topological polar surface area (TPSA) is 43.4 Å². The molecule has 1 N–H and O–H groups in total. The third-order valence-corrected chi connectivity index (χ3v) is 2.77. The predicted molar refractivity (Wildman–Crippen MR) is 67.3 cm³/mol. The van der Waals surface area contributed by atoms with Crippen LogP contribution in [0, 0.1) is 6.92 Å². The maximum atomic E-state index is 5.55. The van der Waals surface area contributed by atoms with Gasteiger partial charge in [0.1, 0.15) is 5.82 Å². The molecule has 17 heavy (non-hydrogen) atoms. The second kappa shape index (κ2) is 6.57. The van der Waals surface area contributed by atoms with Crippen LogP contribution in [0.4, 0.5) is 5.82 Å². The molecule has 4 nitrogen and oxygen atoms in total. The molecule has 1 aromatic rings. The summed E-state index contributed by atoms with van der Waals surface area (Å²) in [5.41, 5.74) is 1.02. The number of ether oxygens (including phenoxy) is 2. The maximum absolute atomic E-state index is 5.55. The summed E-state index contributed by atoms with van der Waals surface area (Å²) in [6.45, 7) is 5.06. The highest BCUT2D eigenvalue weighted by Gasteiger charge is 2.14. The van der Waals surface area contributed by atoms with Crippen LogP contribution < -0.4 is 5.32 Å². The smallest absolute Gasteiger partial charge is 0.126 e. The third-order valence-electron chi connectivity index (χ3n) is 2.77. The van der Waals surface area contributed by atoms with Crippen LogP contribution in [0.1, 0.15) is 18.5 Å². The lowest BCUT2D eigenvalue weighted by molar-refractivity contribution is 0.0206. The molecule has 4 heteroatoms. The summed E-state index contributed by atoms with van der Waals surface area (Å²) >= 11 is 0. The molecule has 1 aliphatic rings. The van der Waals surface area contributed by atoms with Crippen molar-refractivity contribution in [2.75, 3.05) is 31.7 Å². The number of aromatic nitrogens is 1. The van der Waals surface area contributed by atoms with Gasteiger partial charge in [-0.25, -0.2) is 4.98 Å². The fourth-order valence-electron chi connectivity index (χ4n) is 1.88. The number of nitrogens with one attached hydrogen (secondary N) is 1. The molecule has 0 spiro atoms. The largest absolute Gasteiger partial charge is 0.377 e. The van der Waals surface area contributed by atoms with Crippen LogP contribution in [0.15, 0.2) is 18.2 Å². The number of aryl methyl sites for hydroxylation is 1. The molecule has 2 rings (SSSR count). The van der Waals surface area contributed by atoms with E-state index in [2.05, 4.69) is 10.3 Å². The number of pyridine rings is 1. The highest BCUT2D eigenvalue weighted by molar-refractivity contribution is 5.34. The standard InChI is InChI=1S/C13H20N2O2/c1-11-4-2-6-13(15-11)14-7-9-16-10-12-5-3-8-17-12/h2,4,6,12H,3,5,7-10H2,1H3,(H,14,15)/t12-/m0/s1. The van der Waals surface area contributed by atoms with E-state index in [1.54, 1.807) is 0 Å². The SMILES string of the molecule is Cc1cccc(NCCOC[C@@H]2CCCO2)n1. The van der Waals surface area contributed by atoms with Gasteiger partial charge in [0.25, 0.3) is 0 Å². The van der Waals surface area contributed by atoms with Crippen LogP contribution >= 0.6 is 0 Å². The van der Waals surface area contributed by atoms with Crippen LogP contribution in [-0.2, 0) is 9.47 Å². The van der Waals surface area contributed by atoms with E-state index in [0.717, 1.165) is 31.1 Å². The van der Waals surface area contributed by atoms with E-state index < -0.39 is 0 Å². The Labute approximate surface area is 102 Å². The molecule has 0 unspecified atom stereocenters. The van der Waals surface area contributed by atoms with Crippen LogP contribution in [-0.4, -0.2) is 37.5 Å². The molecule has 1 fully saturated rings. The normalized spacial score (nSPS) is 19.5. The highest BCUT2D eigenvalue weighted by atomic mass is 16.5. The van der Waals surface area contributed by atoms with Gasteiger partial charge in [-0.3, -0.25) is 0 Å². The van der Waals surface area contributed by atoms with Crippen LogP contribution in [0.5, 0.6) is 0 Å². The zero-order valence-corrected chi connectivity index (χ0v) is 10.3. The minimum Gasteiger partial charge on any atom is -0.377 e. The summed E-state index contributed by atoms with van der Waals surface area (Å²) in [5, 5.41) is 3.23. The zero-order valence-electron chi connectivity index (χ0n) is 10.3. The summed E-state index contributed by atoms with van der Waals surface area (Å²) in [6.07, 6.45) is 2.61. The predicted octanol–water partition coefficient (Wildman–Crippen LogP) is 2.00. The lowest BCUT2D eigenvalue weighted by Crippen LogP contribution is -2.18. The van der Waals surface area contributed by atoms with Gasteiger partial charge in [-0.15, -0.1) is 0 Å². The lowest BCUT2D eigenvalue weighted by Gasteiger charge is -2.10. The lowest BCUT2D eigenvalue weighted by atomic mass is 10.2. The van der Waals surface area contributed by atoms with E-state index in [4.69, 9.17) is 9.47 Å². The van der Waals surface area contributed by atoms with Crippen LogP contribution in [0.2, 0.25) is 0 Å². The van der Waals surface area contributed by atoms with Crippen molar-refractivity contribution in [1.82, 2.24) is 4.98 Å². The van der Waals surface area contributed by atoms with E-state index in [-0.39, 0.29) is 0 Å². The van der Waals surface area contributed by atoms with Crippen molar-refractivity contribution in [1.29, 1.82) is 0 Å². The van der Waals surface area contributed by atoms with Gasteiger partial charge in [-0.1, -0.05) is 6.07 Å². The molecule has 0 aromatic carbocycles. The Hall–Kier alpha value is -1.13.